The number of rotatable bonds is 3. The van der Waals surface area contributed by atoms with Crippen LogP contribution in [0.2, 0.25) is 0 Å². The zero-order valence-electron chi connectivity index (χ0n) is 12.8. The van der Waals surface area contributed by atoms with E-state index >= 15 is 0 Å². The summed E-state index contributed by atoms with van der Waals surface area (Å²) >= 11 is 0. The average Bonchev–Trinajstić information content (AvgIpc) is 2.91. The molecule has 1 heterocycles. The molecule has 0 saturated heterocycles. The Morgan fingerprint density at radius 3 is 2.85 bits per heavy atom. The van der Waals surface area contributed by atoms with Crippen molar-refractivity contribution in [3.05, 3.63) is 30.0 Å². The molecule has 3 heteroatoms. The lowest BCUT2D eigenvalue weighted by Gasteiger charge is -2.31. The topological polar surface area (TPSA) is 43.8 Å². The quantitative estimate of drug-likeness (QED) is 0.931. The van der Waals surface area contributed by atoms with E-state index in [0.29, 0.717) is 11.3 Å². The molecule has 2 atom stereocenters. The van der Waals surface area contributed by atoms with Gasteiger partial charge < -0.3 is 5.73 Å². The maximum absolute atomic E-state index is 6.54. The van der Waals surface area contributed by atoms with Crippen LogP contribution in [0.5, 0.6) is 0 Å². The van der Waals surface area contributed by atoms with Crippen LogP contribution in [0.3, 0.4) is 0 Å². The molecule has 1 saturated carbocycles. The van der Waals surface area contributed by atoms with Gasteiger partial charge in [0.1, 0.15) is 0 Å². The van der Waals surface area contributed by atoms with E-state index in [1.54, 1.807) is 0 Å². The summed E-state index contributed by atoms with van der Waals surface area (Å²) in [4.78, 5) is 0. The molecular weight excluding hydrogens is 246 g/mol. The van der Waals surface area contributed by atoms with Crippen LogP contribution in [0, 0.1) is 11.3 Å². The molecule has 1 aromatic heterocycles. The fourth-order valence-electron chi connectivity index (χ4n) is 3.95. The number of aryl methyl sites for hydroxylation is 1. The van der Waals surface area contributed by atoms with Gasteiger partial charge in [-0.05, 0) is 30.2 Å². The molecule has 0 radical (unpaired) electrons. The van der Waals surface area contributed by atoms with Crippen LogP contribution < -0.4 is 5.73 Å². The van der Waals surface area contributed by atoms with Crippen LogP contribution in [0.25, 0.3) is 10.9 Å². The highest BCUT2D eigenvalue weighted by atomic mass is 15.3. The van der Waals surface area contributed by atoms with Gasteiger partial charge in [-0.1, -0.05) is 38.5 Å². The Bertz CT molecular complexity index is 612. The number of aromatic nitrogens is 2. The van der Waals surface area contributed by atoms with Crippen molar-refractivity contribution in [2.45, 2.75) is 45.6 Å². The molecule has 20 heavy (non-hydrogen) atoms. The molecular formula is C17H25N3. The first kappa shape index (κ1) is 13.6. The predicted molar refractivity (Wildman–Crippen MR) is 83.5 cm³/mol. The van der Waals surface area contributed by atoms with E-state index in [9.17, 15) is 0 Å². The summed E-state index contributed by atoms with van der Waals surface area (Å²) < 4.78 is 1.97. The van der Waals surface area contributed by atoms with Gasteiger partial charge in [0.05, 0.1) is 11.2 Å². The standard InChI is InChI=1S/C17H25N3/c1-17(2)10-6-8-13(17)14(18)11-15-12-7-4-5-9-16(12)20(3)19-15/h4-5,7,9,13-14H,6,8,10-11,18H2,1-3H3. The van der Waals surface area contributed by atoms with Gasteiger partial charge in [-0.2, -0.15) is 5.10 Å². The van der Waals surface area contributed by atoms with Crippen molar-refractivity contribution in [1.29, 1.82) is 0 Å². The number of hydrogen-bond acceptors (Lipinski definition) is 2. The summed E-state index contributed by atoms with van der Waals surface area (Å²) in [5.41, 5.74) is 9.26. The van der Waals surface area contributed by atoms with E-state index in [4.69, 9.17) is 5.73 Å². The second kappa shape index (κ2) is 4.88. The number of nitrogens with zero attached hydrogens (tertiary/aromatic N) is 2. The van der Waals surface area contributed by atoms with Gasteiger partial charge in [0.2, 0.25) is 0 Å². The minimum Gasteiger partial charge on any atom is -0.327 e. The lowest BCUT2D eigenvalue weighted by atomic mass is 9.76. The van der Waals surface area contributed by atoms with Gasteiger partial charge in [0, 0.05) is 24.9 Å². The van der Waals surface area contributed by atoms with E-state index in [1.165, 1.54) is 30.2 Å². The van der Waals surface area contributed by atoms with Crippen LogP contribution >= 0.6 is 0 Å². The van der Waals surface area contributed by atoms with Gasteiger partial charge in [-0.15, -0.1) is 0 Å². The molecule has 0 amide bonds. The lowest BCUT2D eigenvalue weighted by molar-refractivity contribution is 0.219. The molecule has 3 rings (SSSR count). The number of benzene rings is 1. The van der Waals surface area contributed by atoms with Gasteiger partial charge in [-0.25, -0.2) is 0 Å². The highest BCUT2D eigenvalue weighted by Crippen LogP contribution is 2.44. The minimum atomic E-state index is 0.214. The van der Waals surface area contributed by atoms with E-state index in [1.807, 2.05) is 11.7 Å². The highest BCUT2D eigenvalue weighted by Gasteiger charge is 2.38. The summed E-state index contributed by atoms with van der Waals surface area (Å²) in [6, 6.07) is 8.64. The monoisotopic (exact) mass is 271 g/mol. The van der Waals surface area contributed by atoms with Crippen molar-refractivity contribution in [2.75, 3.05) is 0 Å². The molecule has 2 unspecified atom stereocenters. The number of nitrogens with two attached hydrogens (primary N) is 1. The maximum atomic E-state index is 6.54. The third kappa shape index (κ3) is 2.24. The van der Waals surface area contributed by atoms with E-state index in [2.05, 4.69) is 43.2 Å². The second-order valence-corrected chi connectivity index (χ2v) is 6.94. The first-order valence-electron chi connectivity index (χ1n) is 7.65. The molecule has 2 N–H and O–H groups in total. The van der Waals surface area contributed by atoms with Crippen molar-refractivity contribution in [1.82, 2.24) is 9.78 Å². The Balaban J connectivity index is 1.86. The van der Waals surface area contributed by atoms with Crippen LogP contribution in [0.1, 0.15) is 38.8 Å². The molecule has 0 aliphatic heterocycles. The fraction of sp³-hybridized carbons (Fsp3) is 0.588. The van der Waals surface area contributed by atoms with Crippen molar-refractivity contribution < 1.29 is 0 Å². The third-order valence-corrected chi connectivity index (χ3v) is 5.12. The van der Waals surface area contributed by atoms with Crippen molar-refractivity contribution in [3.8, 4) is 0 Å². The Morgan fingerprint density at radius 2 is 2.15 bits per heavy atom. The fourth-order valence-corrected chi connectivity index (χ4v) is 3.95. The van der Waals surface area contributed by atoms with E-state index in [-0.39, 0.29) is 6.04 Å². The Kier molecular flexibility index (Phi) is 3.33. The average molecular weight is 271 g/mol. The van der Waals surface area contributed by atoms with Crippen LogP contribution in [-0.2, 0) is 13.5 Å². The zero-order chi connectivity index (χ0) is 14.3. The number of fused-ring (bicyclic) bond motifs is 1. The summed E-state index contributed by atoms with van der Waals surface area (Å²) in [5, 5.41) is 5.94. The van der Waals surface area contributed by atoms with E-state index < -0.39 is 0 Å². The summed E-state index contributed by atoms with van der Waals surface area (Å²) in [5.74, 6) is 0.614. The van der Waals surface area contributed by atoms with Gasteiger partial charge in [0.15, 0.2) is 0 Å². The Labute approximate surface area is 121 Å². The van der Waals surface area contributed by atoms with Crippen LogP contribution in [-0.4, -0.2) is 15.8 Å². The molecule has 1 aromatic carbocycles. The SMILES string of the molecule is Cn1nc(CC(N)C2CCCC2(C)C)c2ccccc21. The maximum Gasteiger partial charge on any atom is 0.0718 e. The largest absolute Gasteiger partial charge is 0.327 e. The normalized spacial score (nSPS) is 23.3. The zero-order valence-corrected chi connectivity index (χ0v) is 12.8. The number of para-hydroxylation sites is 1. The molecule has 108 valence electrons. The van der Waals surface area contributed by atoms with Crippen molar-refractivity contribution in [2.24, 2.45) is 24.1 Å². The molecule has 0 bridgehead atoms. The van der Waals surface area contributed by atoms with Crippen molar-refractivity contribution >= 4 is 10.9 Å². The molecule has 1 aliphatic rings. The summed E-state index contributed by atoms with van der Waals surface area (Å²) in [6.45, 7) is 4.72. The van der Waals surface area contributed by atoms with Crippen LogP contribution in [0.4, 0.5) is 0 Å². The van der Waals surface area contributed by atoms with E-state index in [0.717, 1.165) is 12.1 Å². The smallest absolute Gasteiger partial charge is 0.0718 e. The Hall–Kier alpha value is -1.35. The Morgan fingerprint density at radius 1 is 1.40 bits per heavy atom. The van der Waals surface area contributed by atoms with Crippen molar-refractivity contribution in [3.63, 3.8) is 0 Å². The number of hydrogen-bond donors (Lipinski definition) is 1. The molecule has 1 fully saturated rings. The van der Waals surface area contributed by atoms with Crippen LogP contribution in [0.15, 0.2) is 24.3 Å². The predicted octanol–water partition coefficient (Wildman–Crippen LogP) is 3.27. The molecule has 2 aromatic rings. The molecule has 1 aliphatic carbocycles. The van der Waals surface area contributed by atoms with Gasteiger partial charge >= 0.3 is 0 Å². The van der Waals surface area contributed by atoms with Gasteiger partial charge in [-0.3, -0.25) is 4.68 Å². The lowest BCUT2D eigenvalue weighted by Crippen LogP contribution is -2.38. The minimum absolute atomic E-state index is 0.214. The summed E-state index contributed by atoms with van der Waals surface area (Å²) in [7, 11) is 2.01. The highest BCUT2D eigenvalue weighted by molar-refractivity contribution is 5.81. The summed E-state index contributed by atoms with van der Waals surface area (Å²) in [6.07, 6.45) is 4.76. The molecule has 0 spiro atoms. The molecule has 3 nitrogen and oxygen atoms in total. The third-order valence-electron chi connectivity index (χ3n) is 5.12. The van der Waals surface area contributed by atoms with Gasteiger partial charge in [0.25, 0.3) is 0 Å². The first-order valence-corrected chi connectivity index (χ1v) is 7.65. The first-order chi connectivity index (χ1) is 9.49. The second-order valence-electron chi connectivity index (χ2n) is 6.94.